The molecule has 8 nitrogen and oxygen atoms in total. The highest BCUT2D eigenvalue weighted by Gasteiger charge is 2.19. The van der Waals surface area contributed by atoms with Crippen molar-refractivity contribution < 1.29 is 4.79 Å². The molecule has 0 saturated heterocycles. The number of fused-ring (bicyclic) bond motifs is 1. The minimum atomic E-state index is -0.407. The number of H-pyrrole nitrogens is 1. The summed E-state index contributed by atoms with van der Waals surface area (Å²) in [5.74, 6) is 0.689. The fourth-order valence-electron chi connectivity index (χ4n) is 1.82. The van der Waals surface area contributed by atoms with Crippen molar-refractivity contribution in [3.05, 3.63) is 6.20 Å². The predicted octanol–water partition coefficient (Wildman–Crippen LogP) is 0.0947. The summed E-state index contributed by atoms with van der Waals surface area (Å²) in [4.78, 5) is 21.7. The molecule has 19 heavy (non-hydrogen) atoms. The highest BCUT2D eigenvalue weighted by molar-refractivity contribution is 5.90. The number of hydrogen-bond acceptors (Lipinski definition) is 6. The normalized spacial score (nSPS) is 10.9. The van der Waals surface area contributed by atoms with E-state index >= 15 is 0 Å². The van der Waals surface area contributed by atoms with Crippen molar-refractivity contribution in [1.82, 2.24) is 20.2 Å². The van der Waals surface area contributed by atoms with Gasteiger partial charge in [0.1, 0.15) is 5.82 Å². The van der Waals surface area contributed by atoms with Gasteiger partial charge in [-0.2, -0.15) is 15.1 Å². The van der Waals surface area contributed by atoms with Crippen LogP contribution in [0.4, 0.5) is 11.8 Å². The average Bonchev–Trinajstić information content (AvgIpc) is 2.82. The second-order valence-electron chi connectivity index (χ2n) is 4.44. The van der Waals surface area contributed by atoms with Crippen LogP contribution >= 0.6 is 0 Å². The molecule has 2 heterocycles. The molecule has 0 spiro atoms. The SMILES string of the molecule is CNc1nc(N(CC(N)=O)C(C)C)c2cn[nH]c2n1. The maximum atomic E-state index is 11.2. The van der Waals surface area contributed by atoms with Crippen molar-refractivity contribution >= 4 is 28.7 Å². The Kier molecular flexibility index (Phi) is 3.50. The molecule has 8 heteroatoms. The molecule has 102 valence electrons. The summed E-state index contributed by atoms with van der Waals surface area (Å²) in [5.41, 5.74) is 5.91. The lowest BCUT2D eigenvalue weighted by atomic mass is 10.2. The first-order valence-electron chi connectivity index (χ1n) is 5.96. The van der Waals surface area contributed by atoms with Gasteiger partial charge in [0, 0.05) is 13.1 Å². The number of aromatic nitrogens is 4. The lowest BCUT2D eigenvalue weighted by molar-refractivity contribution is -0.116. The molecule has 0 atom stereocenters. The Morgan fingerprint density at radius 2 is 2.26 bits per heavy atom. The number of aromatic amines is 1. The molecule has 0 aliphatic rings. The van der Waals surface area contributed by atoms with E-state index in [0.717, 1.165) is 5.39 Å². The van der Waals surface area contributed by atoms with Gasteiger partial charge < -0.3 is 16.0 Å². The van der Waals surface area contributed by atoms with Crippen LogP contribution in [0.3, 0.4) is 0 Å². The van der Waals surface area contributed by atoms with E-state index in [1.165, 1.54) is 0 Å². The molecule has 0 radical (unpaired) electrons. The Bertz CT molecular complexity index is 592. The molecular formula is C11H17N7O. The first-order chi connectivity index (χ1) is 9.02. The van der Waals surface area contributed by atoms with Crippen LogP contribution in [0.2, 0.25) is 0 Å². The summed E-state index contributed by atoms with van der Waals surface area (Å²) in [5, 5.41) is 10.4. The number of carbonyl (C=O) groups excluding carboxylic acids is 1. The van der Waals surface area contributed by atoms with E-state index in [1.54, 1.807) is 13.2 Å². The zero-order chi connectivity index (χ0) is 14.0. The summed E-state index contributed by atoms with van der Waals surface area (Å²) >= 11 is 0. The molecule has 1 amide bonds. The molecular weight excluding hydrogens is 246 g/mol. The molecule has 2 aromatic rings. The number of nitrogens with one attached hydrogen (secondary N) is 2. The number of primary amides is 1. The molecule has 2 aromatic heterocycles. The third-order valence-corrected chi connectivity index (χ3v) is 2.73. The number of amides is 1. The van der Waals surface area contributed by atoms with Crippen LogP contribution in [0.5, 0.6) is 0 Å². The van der Waals surface area contributed by atoms with Crippen molar-refractivity contribution in [2.45, 2.75) is 19.9 Å². The third kappa shape index (κ3) is 2.56. The predicted molar refractivity (Wildman–Crippen MR) is 72.9 cm³/mol. The van der Waals surface area contributed by atoms with E-state index in [4.69, 9.17) is 5.73 Å². The van der Waals surface area contributed by atoms with E-state index < -0.39 is 5.91 Å². The van der Waals surface area contributed by atoms with Gasteiger partial charge in [0.25, 0.3) is 0 Å². The number of anilines is 2. The largest absolute Gasteiger partial charge is 0.368 e. The Hall–Kier alpha value is -2.38. The number of nitrogens with zero attached hydrogens (tertiary/aromatic N) is 4. The van der Waals surface area contributed by atoms with E-state index in [0.29, 0.717) is 17.4 Å². The number of carbonyl (C=O) groups is 1. The highest BCUT2D eigenvalue weighted by Crippen LogP contribution is 2.25. The van der Waals surface area contributed by atoms with E-state index in [9.17, 15) is 4.79 Å². The van der Waals surface area contributed by atoms with Crippen LogP contribution in [0.15, 0.2) is 6.20 Å². The molecule has 0 bridgehead atoms. The Morgan fingerprint density at radius 1 is 1.53 bits per heavy atom. The van der Waals surface area contributed by atoms with E-state index in [-0.39, 0.29) is 12.6 Å². The fraction of sp³-hybridized carbons (Fsp3) is 0.455. The van der Waals surface area contributed by atoms with Gasteiger partial charge in [0.2, 0.25) is 11.9 Å². The second kappa shape index (κ2) is 5.09. The van der Waals surface area contributed by atoms with Crippen molar-refractivity contribution in [3.8, 4) is 0 Å². The highest BCUT2D eigenvalue weighted by atomic mass is 16.1. The molecule has 0 saturated carbocycles. The second-order valence-corrected chi connectivity index (χ2v) is 4.44. The lowest BCUT2D eigenvalue weighted by Gasteiger charge is -2.27. The van der Waals surface area contributed by atoms with E-state index in [2.05, 4.69) is 25.5 Å². The lowest BCUT2D eigenvalue weighted by Crippen LogP contribution is -2.39. The molecule has 0 unspecified atom stereocenters. The zero-order valence-electron chi connectivity index (χ0n) is 11.1. The monoisotopic (exact) mass is 263 g/mol. The van der Waals surface area contributed by atoms with Crippen LogP contribution < -0.4 is 16.0 Å². The quantitative estimate of drug-likeness (QED) is 0.705. The third-order valence-electron chi connectivity index (χ3n) is 2.73. The van der Waals surface area contributed by atoms with Crippen molar-refractivity contribution in [1.29, 1.82) is 0 Å². The van der Waals surface area contributed by atoms with Crippen LogP contribution in [0.25, 0.3) is 11.0 Å². The molecule has 4 N–H and O–H groups in total. The van der Waals surface area contributed by atoms with Crippen LogP contribution in [0, 0.1) is 0 Å². The maximum absolute atomic E-state index is 11.2. The molecule has 0 fully saturated rings. The van der Waals surface area contributed by atoms with Gasteiger partial charge in [-0.05, 0) is 13.8 Å². The van der Waals surface area contributed by atoms with Crippen LogP contribution in [-0.4, -0.2) is 45.7 Å². The van der Waals surface area contributed by atoms with Crippen molar-refractivity contribution in [3.63, 3.8) is 0 Å². The van der Waals surface area contributed by atoms with Gasteiger partial charge in [-0.3, -0.25) is 9.89 Å². The van der Waals surface area contributed by atoms with Crippen molar-refractivity contribution in [2.75, 3.05) is 23.8 Å². The van der Waals surface area contributed by atoms with Crippen LogP contribution in [-0.2, 0) is 4.79 Å². The summed E-state index contributed by atoms with van der Waals surface area (Å²) < 4.78 is 0. The van der Waals surface area contributed by atoms with Gasteiger partial charge >= 0.3 is 0 Å². The van der Waals surface area contributed by atoms with Gasteiger partial charge in [-0.15, -0.1) is 0 Å². The Balaban J connectivity index is 2.56. The summed E-state index contributed by atoms with van der Waals surface area (Å²) in [6, 6.07) is 0.0743. The first kappa shape index (κ1) is 13.1. The molecule has 0 aliphatic carbocycles. The average molecular weight is 263 g/mol. The summed E-state index contributed by atoms with van der Waals surface area (Å²) in [6.45, 7) is 4.03. The molecule has 2 rings (SSSR count). The Labute approximate surface area is 110 Å². The minimum absolute atomic E-state index is 0.0743. The van der Waals surface area contributed by atoms with Gasteiger partial charge in [-0.1, -0.05) is 0 Å². The molecule has 0 aliphatic heterocycles. The minimum Gasteiger partial charge on any atom is -0.368 e. The van der Waals surface area contributed by atoms with Gasteiger partial charge in [-0.25, -0.2) is 0 Å². The molecule has 0 aromatic carbocycles. The van der Waals surface area contributed by atoms with Gasteiger partial charge in [0.05, 0.1) is 18.1 Å². The fourth-order valence-corrected chi connectivity index (χ4v) is 1.82. The first-order valence-corrected chi connectivity index (χ1v) is 5.96. The van der Waals surface area contributed by atoms with Gasteiger partial charge in [0.15, 0.2) is 5.65 Å². The van der Waals surface area contributed by atoms with Crippen LogP contribution in [0.1, 0.15) is 13.8 Å². The summed E-state index contributed by atoms with van der Waals surface area (Å²) in [6.07, 6.45) is 1.64. The van der Waals surface area contributed by atoms with E-state index in [1.807, 2.05) is 18.7 Å². The number of hydrogen-bond donors (Lipinski definition) is 3. The number of nitrogens with two attached hydrogens (primary N) is 1. The smallest absolute Gasteiger partial charge is 0.237 e. The Morgan fingerprint density at radius 3 is 2.84 bits per heavy atom. The van der Waals surface area contributed by atoms with Crippen molar-refractivity contribution in [2.24, 2.45) is 5.73 Å². The summed E-state index contributed by atoms with van der Waals surface area (Å²) in [7, 11) is 1.73. The number of rotatable bonds is 5. The maximum Gasteiger partial charge on any atom is 0.237 e. The standard InChI is InChI=1S/C11H17N7O/c1-6(2)18(5-8(12)19)10-7-4-14-17-9(7)15-11(13-3)16-10/h4,6H,5H2,1-3H3,(H2,12,19)(H2,13,14,15,16,17). The zero-order valence-corrected chi connectivity index (χ0v) is 11.1. The topological polar surface area (TPSA) is 113 Å².